The first-order valence-electron chi connectivity index (χ1n) is 4.28. The second-order valence-corrected chi connectivity index (χ2v) is 3.07. The van der Waals surface area contributed by atoms with Gasteiger partial charge >= 0.3 is 5.97 Å². The predicted molar refractivity (Wildman–Crippen MR) is 50.4 cm³/mol. The summed E-state index contributed by atoms with van der Waals surface area (Å²) in [5, 5.41) is 10.7. The third-order valence-electron chi connectivity index (χ3n) is 1.84. The SMILES string of the molecule is NC(CNc1cc(F)c(F)cc1F)C(=O)O. The highest BCUT2D eigenvalue weighted by Crippen LogP contribution is 2.18. The zero-order chi connectivity index (χ0) is 12.3. The molecule has 16 heavy (non-hydrogen) atoms. The summed E-state index contributed by atoms with van der Waals surface area (Å²) >= 11 is 0. The summed E-state index contributed by atoms with van der Waals surface area (Å²) < 4.78 is 38.3. The second-order valence-electron chi connectivity index (χ2n) is 3.07. The molecular weight excluding hydrogens is 225 g/mol. The lowest BCUT2D eigenvalue weighted by Gasteiger charge is -2.10. The van der Waals surface area contributed by atoms with E-state index < -0.39 is 29.5 Å². The highest BCUT2D eigenvalue weighted by molar-refractivity contribution is 5.74. The van der Waals surface area contributed by atoms with Gasteiger partial charge in [-0.1, -0.05) is 0 Å². The minimum atomic E-state index is -1.31. The molecule has 0 radical (unpaired) electrons. The molecule has 1 aromatic rings. The first kappa shape index (κ1) is 12.3. The van der Waals surface area contributed by atoms with Crippen LogP contribution < -0.4 is 11.1 Å². The van der Waals surface area contributed by atoms with E-state index in [1.54, 1.807) is 0 Å². The highest BCUT2D eigenvalue weighted by atomic mass is 19.2. The standard InChI is InChI=1S/C9H9F3N2O2/c10-4-1-6(12)8(2-5(4)11)14-3-7(13)9(15)16/h1-2,7,14H,3,13H2,(H,15,16). The van der Waals surface area contributed by atoms with Gasteiger partial charge in [-0.05, 0) is 0 Å². The van der Waals surface area contributed by atoms with Crippen LogP contribution in [0.1, 0.15) is 0 Å². The van der Waals surface area contributed by atoms with Gasteiger partial charge in [0.15, 0.2) is 11.6 Å². The van der Waals surface area contributed by atoms with Gasteiger partial charge in [-0.3, -0.25) is 4.79 Å². The Morgan fingerprint density at radius 2 is 1.88 bits per heavy atom. The fourth-order valence-corrected chi connectivity index (χ4v) is 0.965. The largest absolute Gasteiger partial charge is 0.480 e. The average Bonchev–Trinajstić information content (AvgIpc) is 2.20. The number of aliphatic carboxylic acids is 1. The summed E-state index contributed by atoms with van der Waals surface area (Å²) in [6.45, 7) is -0.294. The number of benzene rings is 1. The molecule has 0 aliphatic heterocycles. The molecular formula is C9H9F3N2O2. The van der Waals surface area contributed by atoms with Crippen LogP contribution in [-0.4, -0.2) is 23.7 Å². The Morgan fingerprint density at radius 3 is 2.44 bits per heavy atom. The van der Waals surface area contributed by atoms with Crippen LogP contribution in [0.4, 0.5) is 18.9 Å². The van der Waals surface area contributed by atoms with E-state index in [4.69, 9.17) is 10.8 Å². The maximum Gasteiger partial charge on any atom is 0.322 e. The fraction of sp³-hybridized carbons (Fsp3) is 0.222. The molecule has 0 aromatic heterocycles. The Morgan fingerprint density at radius 1 is 1.31 bits per heavy atom. The number of hydrogen-bond acceptors (Lipinski definition) is 3. The monoisotopic (exact) mass is 234 g/mol. The van der Waals surface area contributed by atoms with Gasteiger partial charge in [-0.25, -0.2) is 13.2 Å². The maximum absolute atomic E-state index is 13.0. The van der Waals surface area contributed by atoms with Crippen LogP contribution in [0.3, 0.4) is 0 Å². The molecule has 0 heterocycles. The number of carboxylic acid groups (broad SMARTS) is 1. The molecule has 0 aliphatic rings. The first-order valence-corrected chi connectivity index (χ1v) is 4.28. The van der Waals surface area contributed by atoms with Gasteiger partial charge in [0.1, 0.15) is 11.9 Å². The molecule has 0 amide bonds. The molecule has 0 fully saturated rings. The van der Waals surface area contributed by atoms with Gasteiger partial charge < -0.3 is 16.2 Å². The Labute approximate surface area is 88.9 Å². The molecule has 7 heteroatoms. The van der Waals surface area contributed by atoms with Crippen molar-refractivity contribution in [3.8, 4) is 0 Å². The van der Waals surface area contributed by atoms with Crippen LogP contribution in [-0.2, 0) is 4.79 Å². The van der Waals surface area contributed by atoms with Crippen molar-refractivity contribution in [3.05, 3.63) is 29.6 Å². The van der Waals surface area contributed by atoms with Gasteiger partial charge in [0.25, 0.3) is 0 Å². The van der Waals surface area contributed by atoms with E-state index >= 15 is 0 Å². The van der Waals surface area contributed by atoms with Crippen molar-refractivity contribution in [1.82, 2.24) is 0 Å². The van der Waals surface area contributed by atoms with Gasteiger partial charge in [0.2, 0.25) is 0 Å². The lowest BCUT2D eigenvalue weighted by molar-refractivity contribution is -0.138. The second kappa shape index (κ2) is 4.84. The molecule has 1 atom stereocenters. The highest BCUT2D eigenvalue weighted by Gasteiger charge is 2.14. The normalized spacial score (nSPS) is 12.2. The van der Waals surface area contributed by atoms with Crippen LogP contribution in [0, 0.1) is 17.5 Å². The minimum Gasteiger partial charge on any atom is -0.480 e. The van der Waals surface area contributed by atoms with E-state index in [1.807, 2.05) is 0 Å². The van der Waals surface area contributed by atoms with Gasteiger partial charge in [0.05, 0.1) is 5.69 Å². The van der Waals surface area contributed by atoms with E-state index in [2.05, 4.69) is 5.32 Å². The van der Waals surface area contributed by atoms with Crippen molar-refractivity contribution in [2.24, 2.45) is 5.73 Å². The summed E-state index contributed by atoms with van der Waals surface area (Å²) in [5.74, 6) is -4.84. The maximum atomic E-state index is 13.0. The smallest absolute Gasteiger partial charge is 0.322 e. The number of anilines is 1. The molecule has 1 unspecified atom stereocenters. The Balaban J connectivity index is 2.74. The Bertz CT molecular complexity index is 412. The summed E-state index contributed by atoms with van der Waals surface area (Å²) in [6, 6.07) is -0.295. The zero-order valence-corrected chi connectivity index (χ0v) is 8.01. The fourth-order valence-electron chi connectivity index (χ4n) is 0.965. The number of halogens is 3. The molecule has 4 nitrogen and oxygen atoms in total. The zero-order valence-electron chi connectivity index (χ0n) is 8.01. The van der Waals surface area contributed by atoms with Crippen LogP contribution in [0.25, 0.3) is 0 Å². The van der Waals surface area contributed by atoms with Crippen LogP contribution in [0.5, 0.6) is 0 Å². The molecule has 1 rings (SSSR count). The summed E-state index contributed by atoms with van der Waals surface area (Å²) in [5.41, 5.74) is 4.79. The topological polar surface area (TPSA) is 75.3 Å². The predicted octanol–water partition coefficient (Wildman–Crippen LogP) is 0.928. The number of nitrogens with two attached hydrogens (primary N) is 1. The lowest BCUT2D eigenvalue weighted by atomic mass is 10.2. The average molecular weight is 234 g/mol. The summed E-state index contributed by atoms with van der Waals surface area (Å²) in [6.07, 6.45) is 0. The molecule has 0 bridgehead atoms. The van der Waals surface area contributed by atoms with Crippen molar-refractivity contribution in [2.75, 3.05) is 11.9 Å². The Kier molecular flexibility index (Phi) is 3.73. The van der Waals surface area contributed by atoms with Crippen molar-refractivity contribution in [3.63, 3.8) is 0 Å². The number of nitrogens with one attached hydrogen (secondary N) is 1. The molecule has 4 N–H and O–H groups in total. The van der Waals surface area contributed by atoms with Crippen molar-refractivity contribution in [2.45, 2.75) is 6.04 Å². The Hall–Kier alpha value is -1.76. The number of rotatable bonds is 4. The van der Waals surface area contributed by atoms with Crippen molar-refractivity contribution in [1.29, 1.82) is 0 Å². The van der Waals surface area contributed by atoms with Crippen LogP contribution in [0.2, 0.25) is 0 Å². The van der Waals surface area contributed by atoms with E-state index in [-0.39, 0.29) is 12.2 Å². The molecule has 88 valence electrons. The van der Waals surface area contributed by atoms with Crippen LogP contribution >= 0.6 is 0 Å². The number of carbonyl (C=O) groups is 1. The lowest BCUT2D eigenvalue weighted by Crippen LogP contribution is -2.37. The van der Waals surface area contributed by atoms with E-state index in [1.165, 1.54) is 0 Å². The minimum absolute atomic E-state index is 0.294. The van der Waals surface area contributed by atoms with Gasteiger partial charge in [-0.15, -0.1) is 0 Å². The van der Waals surface area contributed by atoms with Crippen molar-refractivity contribution >= 4 is 11.7 Å². The third kappa shape index (κ3) is 2.86. The number of carboxylic acids is 1. The van der Waals surface area contributed by atoms with Crippen LogP contribution in [0.15, 0.2) is 12.1 Å². The third-order valence-corrected chi connectivity index (χ3v) is 1.84. The number of hydrogen-bond donors (Lipinski definition) is 3. The van der Waals surface area contributed by atoms with Crippen molar-refractivity contribution < 1.29 is 23.1 Å². The molecule has 0 saturated heterocycles. The quantitative estimate of drug-likeness (QED) is 0.677. The van der Waals surface area contributed by atoms with E-state index in [9.17, 15) is 18.0 Å². The summed E-state index contributed by atoms with van der Waals surface area (Å²) in [7, 11) is 0. The van der Waals surface area contributed by atoms with E-state index in [0.717, 1.165) is 0 Å². The van der Waals surface area contributed by atoms with Gasteiger partial charge in [0, 0.05) is 18.7 Å². The summed E-state index contributed by atoms with van der Waals surface area (Å²) in [4.78, 5) is 10.3. The van der Waals surface area contributed by atoms with E-state index in [0.29, 0.717) is 12.1 Å². The van der Waals surface area contributed by atoms with Gasteiger partial charge in [-0.2, -0.15) is 0 Å². The first-order chi connectivity index (χ1) is 7.41. The molecule has 0 spiro atoms. The molecule has 0 saturated carbocycles. The molecule has 1 aromatic carbocycles. The molecule has 0 aliphatic carbocycles.